The number of hydrogen-bond donors (Lipinski definition) is 0. The fraction of sp³-hybridized carbons (Fsp3) is 0.450. The van der Waals surface area contributed by atoms with Crippen molar-refractivity contribution in [3.63, 3.8) is 0 Å². The molecule has 138 valence electrons. The molecular formula is C20H24N2O3S. The van der Waals surface area contributed by atoms with E-state index in [0.717, 1.165) is 49.7 Å². The van der Waals surface area contributed by atoms with Crippen LogP contribution in [0.2, 0.25) is 0 Å². The molecule has 0 aliphatic carbocycles. The Morgan fingerprint density at radius 3 is 2.65 bits per heavy atom. The van der Waals surface area contributed by atoms with E-state index in [-0.39, 0.29) is 5.91 Å². The van der Waals surface area contributed by atoms with Crippen LogP contribution in [0, 0.1) is 0 Å². The summed E-state index contributed by atoms with van der Waals surface area (Å²) in [7, 11) is 0. The number of carbonyl (C=O) groups is 1. The molecule has 2 aliphatic rings. The first-order valence-electron chi connectivity index (χ1n) is 9.24. The highest BCUT2D eigenvalue weighted by molar-refractivity contribution is 7.09. The van der Waals surface area contributed by atoms with Gasteiger partial charge >= 0.3 is 0 Å². The minimum atomic E-state index is 0.205. The Hall–Kier alpha value is -2.21. The Bertz CT molecular complexity index is 742. The van der Waals surface area contributed by atoms with Crippen molar-refractivity contribution in [2.75, 3.05) is 37.7 Å². The maximum absolute atomic E-state index is 12.8. The van der Waals surface area contributed by atoms with Gasteiger partial charge in [-0.3, -0.25) is 4.79 Å². The van der Waals surface area contributed by atoms with Gasteiger partial charge in [-0.05, 0) is 42.8 Å². The Labute approximate surface area is 158 Å². The van der Waals surface area contributed by atoms with E-state index in [0.29, 0.717) is 19.8 Å². The molecule has 2 aliphatic heterocycles. The van der Waals surface area contributed by atoms with Gasteiger partial charge in [0.25, 0.3) is 0 Å². The van der Waals surface area contributed by atoms with Crippen LogP contribution in [-0.4, -0.2) is 43.7 Å². The number of fused-ring (bicyclic) bond motifs is 1. The van der Waals surface area contributed by atoms with Crippen LogP contribution in [0.1, 0.15) is 24.1 Å². The van der Waals surface area contributed by atoms with Gasteiger partial charge in [0.1, 0.15) is 13.2 Å². The third-order valence-electron chi connectivity index (χ3n) is 4.85. The zero-order chi connectivity index (χ0) is 17.8. The molecule has 0 spiro atoms. The van der Waals surface area contributed by atoms with Crippen molar-refractivity contribution in [3.8, 4) is 11.5 Å². The van der Waals surface area contributed by atoms with E-state index < -0.39 is 0 Å². The molecule has 1 saturated heterocycles. The van der Waals surface area contributed by atoms with Crippen molar-refractivity contribution in [2.24, 2.45) is 0 Å². The number of benzene rings is 1. The zero-order valence-corrected chi connectivity index (χ0v) is 15.7. The molecular weight excluding hydrogens is 348 g/mol. The molecule has 1 fully saturated rings. The highest BCUT2D eigenvalue weighted by Crippen LogP contribution is 2.34. The van der Waals surface area contributed by atoms with E-state index in [9.17, 15) is 4.79 Å². The highest BCUT2D eigenvalue weighted by atomic mass is 32.1. The Balaban J connectivity index is 1.55. The molecule has 6 heteroatoms. The van der Waals surface area contributed by atoms with E-state index >= 15 is 0 Å². The maximum atomic E-state index is 12.8. The zero-order valence-electron chi connectivity index (χ0n) is 14.9. The van der Waals surface area contributed by atoms with Crippen molar-refractivity contribution in [1.29, 1.82) is 0 Å². The maximum Gasteiger partial charge on any atom is 0.242 e. The van der Waals surface area contributed by atoms with Crippen molar-refractivity contribution in [2.45, 2.75) is 25.8 Å². The predicted molar refractivity (Wildman–Crippen MR) is 103 cm³/mol. The lowest BCUT2D eigenvalue weighted by Crippen LogP contribution is -2.42. The summed E-state index contributed by atoms with van der Waals surface area (Å²) in [6.07, 6.45) is 3.45. The Kier molecular flexibility index (Phi) is 5.29. The van der Waals surface area contributed by atoms with E-state index in [2.05, 4.69) is 22.4 Å². The van der Waals surface area contributed by atoms with Crippen LogP contribution in [-0.2, 0) is 11.3 Å². The Morgan fingerprint density at radius 2 is 1.88 bits per heavy atom. The van der Waals surface area contributed by atoms with E-state index in [1.165, 1.54) is 11.3 Å². The average molecular weight is 372 g/mol. The van der Waals surface area contributed by atoms with Gasteiger partial charge in [0.15, 0.2) is 11.5 Å². The third-order valence-corrected chi connectivity index (χ3v) is 5.71. The third kappa shape index (κ3) is 3.96. The number of carbonyl (C=O) groups excluding carboxylic acids is 1. The number of rotatable bonds is 5. The van der Waals surface area contributed by atoms with Crippen LogP contribution >= 0.6 is 11.3 Å². The van der Waals surface area contributed by atoms with Crippen molar-refractivity contribution in [3.05, 3.63) is 40.6 Å². The van der Waals surface area contributed by atoms with Crippen molar-refractivity contribution < 1.29 is 14.3 Å². The molecule has 1 aromatic heterocycles. The molecule has 2 aromatic rings. The normalized spacial score (nSPS) is 16.4. The molecule has 0 unspecified atom stereocenters. The lowest BCUT2D eigenvalue weighted by molar-refractivity contribution is -0.130. The first-order valence-corrected chi connectivity index (χ1v) is 10.1. The lowest BCUT2D eigenvalue weighted by atomic mass is 10.1. The molecule has 0 bridgehead atoms. The summed E-state index contributed by atoms with van der Waals surface area (Å²) in [4.78, 5) is 18.2. The summed E-state index contributed by atoms with van der Waals surface area (Å²) >= 11 is 1.71. The summed E-state index contributed by atoms with van der Waals surface area (Å²) in [6, 6.07) is 10.1. The number of anilines is 1. The van der Waals surface area contributed by atoms with E-state index in [1.807, 2.05) is 23.1 Å². The van der Waals surface area contributed by atoms with Crippen LogP contribution in [0.4, 0.5) is 5.69 Å². The van der Waals surface area contributed by atoms with E-state index in [1.54, 1.807) is 11.3 Å². The summed E-state index contributed by atoms with van der Waals surface area (Å²) < 4.78 is 11.4. The Morgan fingerprint density at radius 1 is 1.08 bits per heavy atom. The summed E-state index contributed by atoms with van der Waals surface area (Å²) in [5.74, 6) is 1.74. The quantitative estimate of drug-likeness (QED) is 0.805. The van der Waals surface area contributed by atoms with Crippen LogP contribution < -0.4 is 14.4 Å². The molecule has 0 atom stereocenters. The van der Waals surface area contributed by atoms with Gasteiger partial charge in [-0.2, -0.15) is 0 Å². The number of thiophene rings is 1. The number of likely N-dealkylation sites (tertiary alicyclic amines) is 1. The average Bonchev–Trinajstić information content (AvgIpc) is 3.21. The molecule has 3 heterocycles. The molecule has 4 rings (SSSR count). The van der Waals surface area contributed by atoms with Crippen molar-refractivity contribution >= 4 is 22.9 Å². The molecule has 26 heavy (non-hydrogen) atoms. The number of hydrogen-bond acceptors (Lipinski definition) is 5. The summed E-state index contributed by atoms with van der Waals surface area (Å²) in [5.41, 5.74) is 0.994. The number of nitrogens with zero attached hydrogens (tertiary/aromatic N) is 2. The molecule has 5 nitrogen and oxygen atoms in total. The van der Waals surface area contributed by atoms with Gasteiger partial charge in [0.05, 0.1) is 13.1 Å². The van der Waals surface area contributed by atoms with Gasteiger partial charge in [-0.15, -0.1) is 11.3 Å². The molecule has 0 saturated carbocycles. The van der Waals surface area contributed by atoms with Gasteiger partial charge in [0.2, 0.25) is 5.91 Å². The molecule has 0 radical (unpaired) electrons. The monoisotopic (exact) mass is 372 g/mol. The van der Waals surface area contributed by atoms with Gasteiger partial charge < -0.3 is 19.3 Å². The fourth-order valence-corrected chi connectivity index (χ4v) is 4.18. The molecule has 0 N–H and O–H groups in total. The molecule has 1 amide bonds. The first-order chi connectivity index (χ1) is 12.8. The van der Waals surface area contributed by atoms with Gasteiger partial charge in [0, 0.05) is 29.7 Å². The van der Waals surface area contributed by atoms with Crippen LogP contribution in [0.5, 0.6) is 11.5 Å². The smallest absolute Gasteiger partial charge is 0.242 e. The topological polar surface area (TPSA) is 42.0 Å². The minimum absolute atomic E-state index is 0.205. The van der Waals surface area contributed by atoms with Gasteiger partial charge in [-0.25, -0.2) is 0 Å². The molecule has 1 aromatic carbocycles. The number of amides is 1. The summed E-state index contributed by atoms with van der Waals surface area (Å²) in [5, 5.41) is 2.07. The summed E-state index contributed by atoms with van der Waals surface area (Å²) in [6.45, 7) is 4.01. The second-order valence-corrected chi connectivity index (χ2v) is 7.74. The number of piperidine rings is 1. The highest BCUT2D eigenvalue weighted by Gasteiger charge is 2.21. The van der Waals surface area contributed by atoms with E-state index in [4.69, 9.17) is 9.47 Å². The second kappa shape index (κ2) is 7.99. The SMILES string of the molecule is O=C(CN(Cc1cccs1)c1ccc2c(c1)OCCO2)N1CCCCC1. The van der Waals surface area contributed by atoms with Gasteiger partial charge in [-0.1, -0.05) is 6.07 Å². The number of ether oxygens (including phenoxy) is 2. The van der Waals surface area contributed by atoms with Crippen LogP contribution in [0.3, 0.4) is 0 Å². The lowest BCUT2D eigenvalue weighted by Gasteiger charge is -2.31. The second-order valence-electron chi connectivity index (χ2n) is 6.70. The minimum Gasteiger partial charge on any atom is -0.486 e. The fourth-order valence-electron chi connectivity index (χ4n) is 3.46. The predicted octanol–water partition coefficient (Wildman–Crippen LogP) is 3.54. The standard InChI is InChI=1S/C20H24N2O3S/c23-20(21-8-2-1-3-9-21)15-22(14-17-5-4-12-26-17)16-6-7-18-19(13-16)25-11-10-24-18/h4-7,12-13H,1-3,8-11,14-15H2. The largest absolute Gasteiger partial charge is 0.486 e. The first kappa shape index (κ1) is 17.2. The van der Waals surface area contributed by atoms with Crippen molar-refractivity contribution in [1.82, 2.24) is 4.90 Å². The van der Waals surface area contributed by atoms with Crippen LogP contribution in [0.25, 0.3) is 0 Å². The van der Waals surface area contributed by atoms with Crippen LogP contribution in [0.15, 0.2) is 35.7 Å².